The van der Waals surface area contributed by atoms with Crippen molar-refractivity contribution in [2.24, 2.45) is 5.73 Å². The van der Waals surface area contributed by atoms with E-state index in [0.29, 0.717) is 0 Å². The van der Waals surface area contributed by atoms with Gasteiger partial charge in [-0.2, -0.15) is 0 Å². The van der Waals surface area contributed by atoms with Gasteiger partial charge in [-0.25, -0.2) is 4.79 Å². The lowest BCUT2D eigenvalue weighted by Crippen LogP contribution is -2.67. The molecule has 0 saturated heterocycles. The molecule has 0 aliphatic rings. The first kappa shape index (κ1) is 12.1. The van der Waals surface area contributed by atoms with Crippen LogP contribution >= 0.6 is 0 Å². The van der Waals surface area contributed by atoms with Gasteiger partial charge in [0, 0.05) is 6.54 Å². The molecule has 0 radical (unpaired) electrons. The molecular weight excluding hydrogens is 184 g/mol. The van der Waals surface area contributed by atoms with E-state index in [-0.39, 0.29) is 11.4 Å². The summed E-state index contributed by atoms with van der Waals surface area (Å²) in [6, 6.07) is -1.32. The van der Waals surface area contributed by atoms with Crippen LogP contribution in [0.2, 0.25) is 0 Å². The zero-order chi connectivity index (χ0) is 10.9. The van der Waals surface area contributed by atoms with E-state index in [4.69, 9.17) is 25.5 Å². The van der Waals surface area contributed by atoms with Crippen molar-refractivity contribution in [3.8, 4) is 0 Å². The zero-order valence-corrected chi connectivity index (χ0v) is 6.88. The normalized spacial score (nSPS) is 12.8. The number of carbonyl (C=O) groups is 1. The second-order valence-electron chi connectivity index (χ2n) is 2.35. The maximum absolute atomic E-state index is 10.5. The summed E-state index contributed by atoms with van der Waals surface area (Å²) in [5.41, 5.74) is 4.66. The maximum atomic E-state index is 10.5. The molecule has 2 amide bonds. The van der Waals surface area contributed by atoms with Gasteiger partial charge in [-0.05, 0) is 6.92 Å². The average molecular weight is 196 g/mol. The van der Waals surface area contributed by atoms with Crippen LogP contribution in [0, 0.1) is 0 Å². The third-order valence-electron chi connectivity index (χ3n) is 1.41. The number of aliphatic hydroxyl groups is 5. The quantitative estimate of drug-likeness (QED) is 0.260. The summed E-state index contributed by atoms with van der Waals surface area (Å²) in [5, 5.41) is 43.2. The predicted octanol–water partition coefficient (Wildman–Crippen LogP) is -3.34. The molecule has 0 aromatic heterocycles. The number of rotatable bonds is 3. The summed E-state index contributed by atoms with van der Waals surface area (Å²) in [6.07, 6.45) is 0. The van der Waals surface area contributed by atoms with Crippen LogP contribution in [-0.4, -0.2) is 54.9 Å². The Morgan fingerprint density at radius 3 is 1.77 bits per heavy atom. The molecule has 0 saturated carbocycles. The van der Waals surface area contributed by atoms with Gasteiger partial charge in [0.15, 0.2) is 0 Å². The molecule has 0 unspecified atom stereocenters. The molecule has 0 aromatic rings. The molecule has 8 nitrogen and oxygen atoms in total. The van der Waals surface area contributed by atoms with Crippen LogP contribution in [0.1, 0.15) is 6.92 Å². The Hall–Kier alpha value is -0.930. The lowest BCUT2D eigenvalue weighted by Gasteiger charge is -2.37. The number of amides is 2. The second kappa shape index (κ2) is 3.44. The molecule has 8 heteroatoms. The number of urea groups is 1. The van der Waals surface area contributed by atoms with E-state index < -0.39 is 17.9 Å². The molecule has 0 aliphatic carbocycles. The Morgan fingerprint density at radius 2 is 1.69 bits per heavy atom. The van der Waals surface area contributed by atoms with Gasteiger partial charge in [0.2, 0.25) is 0 Å². The highest BCUT2D eigenvalue weighted by molar-refractivity contribution is 5.72. The van der Waals surface area contributed by atoms with Crippen LogP contribution in [0.3, 0.4) is 0 Å². The highest BCUT2D eigenvalue weighted by Crippen LogP contribution is 2.18. The average Bonchev–Trinajstić information content (AvgIpc) is 1.83. The minimum atomic E-state index is -3.86. The maximum Gasteiger partial charge on any atom is 0.355 e. The highest BCUT2D eigenvalue weighted by Gasteiger charge is 2.52. The van der Waals surface area contributed by atoms with Crippen molar-refractivity contribution in [3.05, 3.63) is 0 Å². The summed E-state index contributed by atoms with van der Waals surface area (Å²) in [7, 11) is 0. The summed E-state index contributed by atoms with van der Waals surface area (Å²) in [6.45, 7) is 0.962. The zero-order valence-electron chi connectivity index (χ0n) is 6.88. The molecular formula is C5H12N2O6. The van der Waals surface area contributed by atoms with Gasteiger partial charge in [-0.3, -0.25) is 4.90 Å². The van der Waals surface area contributed by atoms with Gasteiger partial charge < -0.3 is 31.3 Å². The van der Waals surface area contributed by atoms with E-state index >= 15 is 0 Å². The Bertz CT molecular complexity index is 198. The van der Waals surface area contributed by atoms with Crippen LogP contribution in [-0.2, 0) is 0 Å². The number of hydrogen-bond acceptors (Lipinski definition) is 6. The second-order valence-corrected chi connectivity index (χ2v) is 2.35. The van der Waals surface area contributed by atoms with E-state index in [1.165, 1.54) is 6.92 Å². The van der Waals surface area contributed by atoms with Crippen molar-refractivity contribution < 1.29 is 30.3 Å². The molecule has 0 bridgehead atoms. The number of likely N-dealkylation sites (N-methyl/N-ethyl adjacent to an activating group) is 1. The standard InChI is InChI=1S/C5H12N2O6/c1-2-7(3(6)8)4(9,10)5(11,12)13/h9-13H,2H2,1H3,(H2,6,8). The van der Waals surface area contributed by atoms with Crippen molar-refractivity contribution in [2.45, 2.75) is 18.8 Å². The largest absolute Gasteiger partial charge is 0.355 e. The number of primary amides is 1. The van der Waals surface area contributed by atoms with Gasteiger partial charge in [0.25, 0.3) is 0 Å². The fourth-order valence-corrected chi connectivity index (χ4v) is 0.711. The third kappa shape index (κ3) is 2.26. The van der Waals surface area contributed by atoms with E-state index in [0.717, 1.165) is 0 Å². The minimum Gasteiger partial charge on any atom is -0.351 e. The summed E-state index contributed by atoms with van der Waals surface area (Å²) >= 11 is 0. The Morgan fingerprint density at radius 1 is 1.31 bits per heavy atom. The fraction of sp³-hybridized carbons (Fsp3) is 0.800. The number of carbonyl (C=O) groups excluding carboxylic acids is 1. The fourth-order valence-electron chi connectivity index (χ4n) is 0.711. The molecule has 0 fully saturated rings. The molecule has 7 N–H and O–H groups in total. The molecule has 0 heterocycles. The smallest absolute Gasteiger partial charge is 0.351 e. The lowest BCUT2D eigenvalue weighted by molar-refractivity contribution is -0.478. The van der Waals surface area contributed by atoms with E-state index in [1.54, 1.807) is 0 Å². The number of nitrogens with two attached hydrogens (primary N) is 1. The van der Waals surface area contributed by atoms with Crippen molar-refractivity contribution >= 4 is 6.03 Å². The summed E-state index contributed by atoms with van der Waals surface area (Å²) in [4.78, 5) is 10.6. The van der Waals surface area contributed by atoms with Crippen molar-refractivity contribution in [2.75, 3.05) is 6.54 Å². The van der Waals surface area contributed by atoms with Crippen LogP contribution in [0.25, 0.3) is 0 Å². The third-order valence-corrected chi connectivity index (χ3v) is 1.41. The first-order valence-corrected chi connectivity index (χ1v) is 3.33. The predicted molar refractivity (Wildman–Crippen MR) is 38.5 cm³/mol. The van der Waals surface area contributed by atoms with Gasteiger partial charge in [-0.15, -0.1) is 0 Å². The van der Waals surface area contributed by atoms with Gasteiger partial charge >= 0.3 is 17.9 Å². The summed E-state index contributed by atoms with van der Waals surface area (Å²) in [5.74, 6) is -7.41. The van der Waals surface area contributed by atoms with Crippen LogP contribution in [0.5, 0.6) is 0 Å². The molecule has 0 aromatic carbocycles. The molecule has 0 rings (SSSR count). The van der Waals surface area contributed by atoms with E-state index in [2.05, 4.69) is 5.73 Å². The lowest BCUT2D eigenvalue weighted by atomic mass is 10.3. The van der Waals surface area contributed by atoms with Gasteiger partial charge in [-0.1, -0.05) is 0 Å². The molecule has 13 heavy (non-hydrogen) atoms. The number of hydrogen-bond donors (Lipinski definition) is 6. The number of nitrogens with zero attached hydrogens (tertiary/aromatic N) is 1. The Kier molecular flexibility index (Phi) is 3.19. The van der Waals surface area contributed by atoms with Crippen molar-refractivity contribution in [3.63, 3.8) is 0 Å². The molecule has 78 valence electrons. The first-order chi connectivity index (χ1) is 5.64. The van der Waals surface area contributed by atoms with Crippen molar-refractivity contribution in [1.29, 1.82) is 0 Å². The monoisotopic (exact) mass is 196 g/mol. The van der Waals surface area contributed by atoms with Gasteiger partial charge in [0.05, 0.1) is 0 Å². The molecule has 0 atom stereocenters. The van der Waals surface area contributed by atoms with Crippen molar-refractivity contribution in [1.82, 2.24) is 4.90 Å². The van der Waals surface area contributed by atoms with Gasteiger partial charge in [0.1, 0.15) is 0 Å². The van der Waals surface area contributed by atoms with Crippen LogP contribution in [0.4, 0.5) is 4.79 Å². The Labute approximate surface area is 73.4 Å². The van der Waals surface area contributed by atoms with E-state index in [9.17, 15) is 4.79 Å². The summed E-state index contributed by atoms with van der Waals surface area (Å²) < 4.78 is 0. The van der Waals surface area contributed by atoms with Crippen LogP contribution < -0.4 is 5.73 Å². The minimum absolute atomic E-state index is 0.0625. The molecule has 0 aliphatic heterocycles. The molecule has 0 spiro atoms. The van der Waals surface area contributed by atoms with E-state index in [1.807, 2.05) is 0 Å². The first-order valence-electron chi connectivity index (χ1n) is 3.33. The van der Waals surface area contributed by atoms with Crippen LogP contribution in [0.15, 0.2) is 0 Å². The Balaban J connectivity index is 4.89. The SMILES string of the molecule is CCN(C(N)=O)C(O)(O)C(O)(O)O. The highest BCUT2D eigenvalue weighted by atomic mass is 16.7. The topological polar surface area (TPSA) is 147 Å².